The molecule has 4 aromatic rings. The highest BCUT2D eigenvalue weighted by atomic mass is 35.5. The summed E-state index contributed by atoms with van der Waals surface area (Å²) >= 11 is 7.44. The molecule has 0 bridgehead atoms. The number of aromatic nitrogens is 3. The Morgan fingerprint density at radius 1 is 1.27 bits per heavy atom. The number of benzene rings is 1. The molecular formula is C22H20ClN5O4S. The molecule has 11 heteroatoms. The van der Waals surface area contributed by atoms with Crippen molar-refractivity contribution in [3.63, 3.8) is 0 Å². The fourth-order valence-corrected chi connectivity index (χ4v) is 5.10. The van der Waals surface area contributed by atoms with Gasteiger partial charge in [-0.15, -0.1) is 0 Å². The van der Waals surface area contributed by atoms with E-state index in [2.05, 4.69) is 15.2 Å². The Bertz CT molecular complexity index is 1380. The quantitative estimate of drug-likeness (QED) is 0.440. The van der Waals surface area contributed by atoms with E-state index in [0.29, 0.717) is 38.3 Å². The third kappa shape index (κ3) is 4.19. The van der Waals surface area contributed by atoms with E-state index in [9.17, 15) is 9.59 Å². The van der Waals surface area contributed by atoms with E-state index in [1.54, 1.807) is 30.3 Å². The Hall–Kier alpha value is -3.37. The summed E-state index contributed by atoms with van der Waals surface area (Å²) in [6.07, 6.45) is 3.71. The Balaban J connectivity index is 1.54. The first kappa shape index (κ1) is 21.5. The van der Waals surface area contributed by atoms with Crippen molar-refractivity contribution in [3.8, 4) is 17.2 Å². The van der Waals surface area contributed by atoms with E-state index < -0.39 is 11.6 Å². The predicted molar refractivity (Wildman–Crippen MR) is 127 cm³/mol. The molecule has 1 aliphatic heterocycles. The SMILES string of the molecule is COc1ccc(Cl)cc1NC(=O)Cn1c(=O)nc(-c2ccco2)c2nc(N3CCCC3)sc21. The Morgan fingerprint density at radius 2 is 2.09 bits per heavy atom. The van der Waals surface area contributed by atoms with Crippen LogP contribution in [0.2, 0.25) is 5.02 Å². The van der Waals surface area contributed by atoms with Crippen molar-refractivity contribution in [1.29, 1.82) is 0 Å². The average molecular weight is 486 g/mol. The molecule has 1 aliphatic rings. The van der Waals surface area contributed by atoms with Crippen LogP contribution in [0, 0.1) is 0 Å². The summed E-state index contributed by atoms with van der Waals surface area (Å²) in [5.74, 6) is 0.504. The maximum Gasteiger partial charge on any atom is 0.349 e. The van der Waals surface area contributed by atoms with Crippen LogP contribution in [0.5, 0.6) is 5.75 Å². The smallest absolute Gasteiger partial charge is 0.349 e. The molecule has 0 saturated carbocycles. The summed E-state index contributed by atoms with van der Waals surface area (Å²) in [6.45, 7) is 1.57. The van der Waals surface area contributed by atoms with Crippen molar-refractivity contribution in [2.75, 3.05) is 30.4 Å². The van der Waals surface area contributed by atoms with Gasteiger partial charge in [0.1, 0.15) is 28.3 Å². The molecule has 0 spiro atoms. The monoisotopic (exact) mass is 485 g/mol. The molecule has 170 valence electrons. The molecule has 1 N–H and O–H groups in total. The number of hydrogen-bond acceptors (Lipinski definition) is 8. The second-order valence-electron chi connectivity index (χ2n) is 7.54. The summed E-state index contributed by atoms with van der Waals surface area (Å²) < 4.78 is 12.1. The lowest BCUT2D eigenvalue weighted by atomic mass is 10.3. The summed E-state index contributed by atoms with van der Waals surface area (Å²) in [5.41, 5.74) is 0.764. The second-order valence-corrected chi connectivity index (χ2v) is 8.94. The zero-order valence-electron chi connectivity index (χ0n) is 17.7. The lowest BCUT2D eigenvalue weighted by Crippen LogP contribution is -2.29. The van der Waals surface area contributed by atoms with Crippen molar-refractivity contribution in [1.82, 2.24) is 14.5 Å². The molecule has 0 unspecified atom stereocenters. The van der Waals surface area contributed by atoms with Crippen LogP contribution in [0.3, 0.4) is 0 Å². The minimum absolute atomic E-state index is 0.238. The molecule has 33 heavy (non-hydrogen) atoms. The van der Waals surface area contributed by atoms with Gasteiger partial charge in [0.2, 0.25) is 5.91 Å². The van der Waals surface area contributed by atoms with Crippen LogP contribution in [-0.2, 0) is 11.3 Å². The molecule has 0 atom stereocenters. The first-order valence-electron chi connectivity index (χ1n) is 10.4. The number of halogens is 1. The minimum atomic E-state index is -0.557. The number of ether oxygens (including phenoxy) is 1. The van der Waals surface area contributed by atoms with E-state index in [-0.39, 0.29) is 6.54 Å². The zero-order chi connectivity index (χ0) is 22.9. The topological polar surface area (TPSA) is 102 Å². The number of nitrogens with zero attached hydrogens (tertiary/aromatic N) is 4. The van der Waals surface area contributed by atoms with Crippen molar-refractivity contribution >= 4 is 50.0 Å². The predicted octanol–water partition coefficient (Wildman–Crippen LogP) is 4.01. The number of anilines is 2. The van der Waals surface area contributed by atoms with Crippen molar-refractivity contribution < 1.29 is 13.9 Å². The van der Waals surface area contributed by atoms with E-state index in [1.165, 1.54) is 29.3 Å². The Labute approximate surface area is 197 Å². The van der Waals surface area contributed by atoms with Crippen LogP contribution in [0.1, 0.15) is 12.8 Å². The lowest BCUT2D eigenvalue weighted by molar-refractivity contribution is -0.116. The van der Waals surface area contributed by atoms with Gasteiger partial charge < -0.3 is 19.4 Å². The summed E-state index contributed by atoms with van der Waals surface area (Å²) in [6, 6.07) is 8.38. The molecule has 1 fully saturated rings. The molecule has 1 saturated heterocycles. The lowest BCUT2D eigenvalue weighted by Gasteiger charge is -2.12. The number of carbonyl (C=O) groups excluding carboxylic acids is 1. The largest absolute Gasteiger partial charge is 0.495 e. The third-order valence-corrected chi connectivity index (χ3v) is 6.75. The zero-order valence-corrected chi connectivity index (χ0v) is 19.3. The van der Waals surface area contributed by atoms with Gasteiger partial charge in [0.25, 0.3) is 0 Å². The molecule has 0 radical (unpaired) electrons. The van der Waals surface area contributed by atoms with Crippen molar-refractivity contribution in [3.05, 3.63) is 52.1 Å². The number of hydrogen-bond donors (Lipinski definition) is 1. The van der Waals surface area contributed by atoms with E-state index in [4.69, 9.17) is 25.7 Å². The molecule has 1 aromatic carbocycles. The molecule has 4 heterocycles. The highest BCUT2D eigenvalue weighted by molar-refractivity contribution is 7.22. The first-order chi connectivity index (χ1) is 16.0. The second kappa shape index (κ2) is 8.87. The van der Waals surface area contributed by atoms with Crippen LogP contribution in [0.4, 0.5) is 10.8 Å². The molecule has 5 rings (SSSR count). The van der Waals surface area contributed by atoms with Gasteiger partial charge in [0, 0.05) is 18.1 Å². The number of nitrogens with one attached hydrogen (secondary N) is 1. The highest BCUT2D eigenvalue weighted by Crippen LogP contribution is 2.35. The number of fused-ring (bicyclic) bond motifs is 1. The fraction of sp³-hybridized carbons (Fsp3) is 0.273. The van der Waals surface area contributed by atoms with Crippen LogP contribution in [0.15, 0.2) is 45.8 Å². The fourth-order valence-electron chi connectivity index (χ4n) is 3.81. The van der Waals surface area contributed by atoms with Crippen LogP contribution in [-0.4, -0.2) is 40.6 Å². The first-order valence-corrected chi connectivity index (χ1v) is 11.6. The third-order valence-electron chi connectivity index (χ3n) is 5.37. The van der Waals surface area contributed by atoms with Gasteiger partial charge in [0.15, 0.2) is 10.9 Å². The molecule has 9 nitrogen and oxygen atoms in total. The number of thiazole rings is 1. The highest BCUT2D eigenvalue weighted by Gasteiger charge is 2.23. The maximum atomic E-state index is 13.0. The van der Waals surface area contributed by atoms with Gasteiger partial charge in [-0.25, -0.2) is 9.78 Å². The van der Waals surface area contributed by atoms with Gasteiger partial charge in [0.05, 0.1) is 19.1 Å². The number of rotatable bonds is 6. The summed E-state index contributed by atoms with van der Waals surface area (Å²) in [5, 5.41) is 4.02. The minimum Gasteiger partial charge on any atom is -0.495 e. The van der Waals surface area contributed by atoms with Crippen molar-refractivity contribution in [2.45, 2.75) is 19.4 Å². The van der Waals surface area contributed by atoms with E-state index in [0.717, 1.165) is 31.1 Å². The van der Waals surface area contributed by atoms with Gasteiger partial charge in [-0.3, -0.25) is 9.36 Å². The number of carbonyl (C=O) groups is 1. The van der Waals surface area contributed by atoms with E-state index in [1.807, 2.05) is 0 Å². The van der Waals surface area contributed by atoms with Gasteiger partial charge in [-0.1, -0.05) is 22.9 Å². The van der Waals surface area contributed by atoms with Gasteiger partial charge in [-0.05, 0) is 43.2 Å². The van der Waals surface area contributed by atoms with Crippen LogP contribution < -0.4 is 20.6 Å². The molecule has 3 aromatic heterocycles. The molecule has 0 aliphatic carbocycles. The summed E-state index contributed by atoms with van der Waals surface area (Å²) in [7, 11) is 1.50. The maximum absolute atomic E-state index is 13.0. The number of methoxy groups -OCH3 is 1. The van der Waals surface area contributed by atoms with Crippen molar-refractivity contribution in [2.24, 2.45) is 0 Å². The molecular weight excluding hydrogens is 466 g/mol. The Kier molecular flexibility index (Phi) is 5.77. The van der Waals surface area contributed by atoms with Crippen LogP contribution >= 0.6 is 22.9 Å². The van der Waals surface area contributed by atoms with E-state index >= 15 is 0 Å². The standard InChI is InChI=1S/C22H20ClN5O4S/c1-31-15-7-6-13(23)11-14(15)24-17(29)12-28-20-19(26-22(33-20)27-8-2-3-9-27)18(25-21(28)30)16-5-4-10-32-16/h4-7,10-11H,2-3,8-9,12H2,1H3,(H,24,29). The average Bonchev–Trinajstić information content (AvgIpc) is 3.57. The van der Waals surface area contributed by atoms with Gasteiger partial charge in [-0.2, -0.15) is 4.98 Å². The van der Waals surface area contributed by atoms with Gasteiger partial charge >= 0.3 is 5.69 Å². The normalized spacial score (nSPS) is 13.6. The summed E-state index contributed by atoms with van der Waals surface area (Å²) in [4.78, 5) is 37.6. The Morgan fingerprint density at radius 3 is 2.82 bits per heavy atom. The van der Waals surface area contributed by atoms with Crippen LogP contribution in [0.25, 0.3) is 21.8 Å². The number of amides is 1. The number of furan rings is 1. The molecule has 1 amide bonds.